The Labute approximate surface area is 340 Å². The highest BCUT2D eigenvalue weighted by atomic mass is 16.3. The van der Waals surface area contributed by atoms with Crippen LogP contribution >= 0.6 is 0 Å². The molecule has 9 aromatic rings. The maximum absolute atomic E-state index is 12.5. The lowest BCUT2D eigenvalue weighted by Crippen LogP contribution is -2.17. The molecule has 0 aliphatic carbocycles. The van der Waals surface area contributed by atoms with Gasteiger partial charge in [-0.15, -0.1) is 0 Å². The molecule has 0 saturated heterocycles. The summed E-state index contributed by atoms with van der Waals surface area (Å²) in [5, 5.41) is 14.7. The number of nitrogens with zero attached hydrogens (tertiary/aromatic N) is 4. The largest absolute Gasteiger partial charge is 0.507 e. The van der Waals surface area contributed by atoms with Gasteiger partial charge < -0.3 is 5.11 Å². The van der Waals surface area contributed by atoms with Crippen LogP contribution in [-0.4, -0.2) is 24.6 Å². The summed E-state index contributed by atoms with van der Waals surface area (Å²) in [5.74, 6) is 1.58. The Morgan fingerprint density at radius 2 is 1.19 bits per heavy atom. The standard InChI is InChI=1S/C53H46N4O/c1-52(2,3)39-32-43(49(58)44(33-39)53(4,5)6)51-56-47-40(37-22-15-23-38(31-37)50-54-30-29-45(55-50)36-20-11-8-12-21-36)25-16-26-46(47)57(51)48-41-24-14-13-19-35(41)27-28-42(48)34-17-9-7-10-18-34/h7-33,58H,1-6H3. The van der Waals surface area contributed by atoms with Gasteiger partial charge in [-0.25, -0.2) is 15.0 Å². The number of phenolic OH excluding ortho intramolecular Hbond substituents is 1. The first-order valence-electron chi connectivity index (χ1n) is 19.9. The molecule has 0 aliphatic heterocycles. The molecular formula is C53H46N4O. The van der Waals surface area contributed by atoms with Crippen LogP contribution in [0.15, 0.2) is 164 Å². The summed E-state index contributed by atoms with van der Waals surface area (Å²) in [6.45, 7) is 13.1. The number of imidazole rings is 1. The third-order valence-corrected chi connectivity index (χ3v) is 11.1. The van der Waals surface area contributed by atoms with Crippen molar-refractivity contribution in [3.05, 3.63) is 175 Å². The van der Waals surface area contributed by atoms with Gasteiger partial charge in [-0.1, -0.05) is 175 Å². The maximum atomic E-state index is 12.5. The Bertz CT molecular complexity index is 2970. The van der Waals surface area contributed by atoms with Crippen LogP contribution in [0.5, 0.6) is 5.75 Å². The second-order valence-corrected chi connectivity index (χ2v) is 17.1. The van der Waals surface area contributed by atoms with Gasteiger partial charge in [0.25, 0.3) is 0 Å². The maximum Gasteiger partial charge on any atom is 0.159 e. The third-order valence-electron chi connectivity index (χ3n) is 11.1. The molecule has 0 aliphatic rings. The fraction of sp³-hybridized carbons (Fsp3) is 0.151. The Kier molecular flexibility index (Phi) is 9.04. The first-order chi connectivity index (χ1) is 28.0. The van der Waals surface area contributed by atoms with E-state index in [-0.39, 0.29) is 16.6 Å². The number of fused-ring (bicyclic) bond motifs is 2. The Morgan fingerprint density at radius 3 is 1.93 bits per heavy atom. The van der Waals surface area contributed by atoms with Crippen molar-refractivity contribution in [1.82, 2.24) is 19.5 Å². The van der Waals surface area contributed by atoms with Gasteiger partial charge in [0.1, 0.15) is 11.6 Å². The number of phenols is 1. The smallest absolute Gasteiger partial charge is 0.159 e. The summed E-state index contributed by atoms with van der Waals surface area (Å²) >= 11 is 0. The van der Waals surface area contributed by atoms with E-state index in [1.54, 1.807) is 0 Å². The third kappa shape index (κ3) is 6.62. The first kappa shape index (κ1) is 36.8. The fourth-order valence-electron chi connectivity index (χ4n) is 7.99. The molecule has 0 atom stereocenters. The number of aromatic nitrogens is 4. The van der Waals surface area contributed by atoms with E-state index >= 15 is 0 Å². The molecular weight excluding hydrogens is 709 g/mol. The van der Waals surface area contributed by atoms with Gasteiger partial charge in [-0.05, 0) is 57.2 Å². The zero-order valence-corrected chi connectivity index (χ0v) is 33.8. The minimum Gasteiger partial charge on any atom is -0.507 e. The number of hydrogen-bond acceptors (Lipinski definition) is 4. The molecule has 2 aromatic heterocycles. The lowest BCUT2D eigenvalue weighted by molar-refractivity contribution is 0.446. The zero-order chi connectivity index (χ0) is 40.2. The zero-order valence-electron chi connectivity index (χ0n) is 33.8. The van der Waals surface area contributed by atoms with E-state index in [4.69, 9.17) is 15.0 Å². The highest BCUT2D eigenvalue weighted by Crippen LogP contribution is 2.46. The summed E-state index contributed by atoms with van der Waals surface area (Å²) in [6, 6.07) is 54.7. The monoisotopic (exact) mass is 754 g/mol. The topological polar surface area (TPSA) is 63.8 Å². The van der Waals surface area contributed by atoms with E-state index in [1.165, 1.54) is 0 Å². The molecule has 5 heteroatoms. The minimum atomic E-state index is -0.322. The molecule has 7 aromatic carbocycles. The van der Waals surface area contributed by atoms with Gasteiger partial charge in [0.2, 0.25) is 0 Å². The van der Waals surface area contributed by atoms with Gasteiger partial charge in [0.05, 0.1) is 28.0 Å². The molecule has 0 unspecified atom stereocenters. The van der Waals surface area contributed by atoms with Crippen LogP contribution in [0.4, 0.5) is 0 Å². The van der Waals surface area contributed by atoms with Crippen LogP contribution in [0.2, 0.25) is 0 Å². The van der Waals surface area contributed by atoms with Crippen LogP contribution in [0.3, 0.4) is 0 Å². The molecule has 0 saturated carbocycles. The van der Waals surface area contributed by atoms with Crippen molar-refractivity contribution in [2.24, 2.45) is 0 Å². The Hall–Kier alpha value is -6.85. The SMILES string of the molecule is CC(C)(C)c1cc(-c2nc3c(-c4cccc(-c5nccc(-c6ccccc6)n5)c4)cccc3n2-c2c(-c3ccccc3)ccc3ccccc23)c(O)c(C(C)(C)C)c1. The summed E-state index contributed by atoms with van der Waals surface area (Å²) in [7, 11) is 0. The molecule has 58 heavy (non-hydrogen) atoms. The lowest BCUT2D eigenvalue weighted by Gasteiger charge is -2.28. The number of aromatic hydroxyl groups is 1. The van der Waals surface area contributed by atoms with Crippen LogP contribution in [0.1, 0.15) is 52.7 Å². The average molecular weight is 755 g/mol. The highest BCUT2D eigenvalue weighted by Gasteiger charge is 2.29. The molecule has 1 N–H and O–H groups in total. The van der Waals surface area contributed by atoms with Crippen molar-refractivity contribution in [2.75, 3.05) is 0 Å². The Balaban J connectivity index is 1.35. The summed E-state index contributed by atoms with van der Waals surface area (Å²) in [4.78, 5) is 15.3. The van der Waals surface area contributed by atoms with Gasteiger partial charge in [-0.3, -0.25) is 4.57 Å². The van der Waals surface area contributed by atoms with E-state index < -0.39 is 0 Å². The summed E-state index contributed by atoms with van der Waals surface area (Å²) in [6.07, 6.45) is 1.82. The van der Waals surface area contributed by atoms with Gasteiger partial charge in [0, 0.05) is 39.4 Å². The highest BCUT2D eigenvalue weighted by molar-refractivity contribution is 6.03. The van der Waals surface area contributed by atoms with Gasteiger partial charge in [-0.2, -0.15) is 0 Å². The molecule has 0 bridgehead atoms. The van der Waals surface area contributed by atoms with Crippen molar-refractivity contribution in [1.29, 1.82) is 0 Å². The van der Waals surface area contributed by atoms with E-state index in [0.717, 1.165) is 77.7 Å². The van der Waals surface area contributed by atoms with E-state index in [0.29, 0.717) is 17.2 Å². The van der Waals surface area contributed by atoms with Crippen LogP contribution in [0.25, 0.3) is 83.8 Å². The van der Waals surface area contributed by atoms with Gasteiger partial charge >= 0.3 is 0 Å². The predicted molar refractivity (Wildman–Crippen MR) is 240 cm³/mol. The van der Waals surface area contributed by atoms with Crippen molar-refractivity contribution in [3.63, 3.8) is 0 Å². The van der Waals surface area contributed by atoms with Crippen LogP contribution in [0, 0.1) is 0 Å². The fourth-order valence-corrected chi connectivity index (χ4v) is 7.99. The molecule has 0 radical (unpaired) electrons. The number of para-hydroxylation sites is 1. The molecule has 284 valence electrons. The second-order valence-electron chi connectivity index (χ2n) is 17.1. The van der Waals surface area contributed by atoms with Crippen molar-refractivity contribution in [2.45, 2.75) is 52.4 Å². The molecule has 2 heterocycles. The van der Waals surface area contributed by atoms with Crippen LogP contribution in [-0.2, 0) is 10.8 Å². The molecule has 0 amide bonds. The first-order valence-corrected chi connectivity index (χ1v) is 19.9. The summed E-state index contributed by atoms with van der Waals surface area (Å²) in [5.41, 5.74) is 12.0. The normalized spacial score (nSPS) is 12.0. The van der Waals surface area contributed by atoms with Gasteiger partial charge in [0.15, 0.2) is 5.82 Å². The van der Waals surface area contributed by atoms with Crippen molar-refractivity contribution in [3.8, 4) is 67.7 Å². The predicted octanol–water partition coefficient (Wildman–Crippen LogP) is 13.6. The van der Waals surface area contributed by atoms with E-state index in [1.807, 2.05) is 30.5 Å². The average Bonchev–Trinajstić information content (AvgIpc) is 3.62. The van der Waals surface area contributed by atoms with E-state index in [2.05, 4.69) is 180 Å². The molecule has 0 spiro atoms. The number of rotatable bonds is 6. The van der Waals surface area contributed by atoms with Crippen molar-refractivity contribution >= 4 is 21.8 Å². The molecule has 5 nitrogen and oxygen atoms in total. The Morgan fingerprint density at radius 1 is 0.517 bits per heavy atom. The second kappa shape index (κ2) is 14.3. The molecule has 9 rings (SSSR count). The summed E-state index contributed by atoms with van der Waals surface area (Å²) < 4.78 is 2.29. The van der Waals surface area contributed by atoms with E-state index in [9.17, 15) is 5.11 Å². The quantitative estimate of drug-likeness (QED) is 0.184. The van der Waals surface area contributed by atoms with Crippen LogP contribution < -0.4 is 0 Å². The molecule has 0 fully saturated rings. The number of benzene rings is 7. The number of hydrogen-bond donors (Lipinski definition) is 1. The minimum absolute atomic E-state index is 0.181. The van der Waals surface area contributed by atoms with Crippen molar-refractivity contribution < 1.29 is 5.11 Å². The lowest BCUT2D eigenvalue weighted by atomic mass is 9.79.